The van der Waals surface area contributed by atoms with E-state index < -0.39 is 0 Å². The molecule has 1 amide bonds. The average molecular weight is 295 g/mol. The number of hydrogen-bond donors (Lipinski definition) is 1. The summed E-state index contributed by atoms with van der Waals surface area (Å²) in [5, 5.41) is 3.79. The minimum atomic E-state index is -0.211. The molecule has 1 aromatic heterocycles. The largest absolute Gasteiger partial charge is 0.345 e. The number of rotatable bonds is 3. The topological polar surface area (TPSA) is 42.0 Å². The van der Waals surface area contributed by atoms with E-state index in [0.717, 1.165) is 5.56 Å². The second-order valence-corrected chi connectivity index (χ2v) is 4.88. The Kier molecular flexibility index (Phi) is 4.40. The van der Waals surface area contributed by atoms with E-state index in [9.17, 15) is 4.79 Å². The first-order chi connectivity index (χ1) is 9.08. The molecule has 0 saturated carbocycles. The van der Waals surface area contributed by atoms with Gasteiger partial charge in [0, 0.05) is 16.8 Å². The van der Waals surface area contributed by atoms with Gasteiger partial charge in [0.1, 0.15) is 5.15 Å². The third-order valence-electron chi connectivity index (χ3n) is 2.71. The lowest BCUT2D eigenvalue weighted by Crippen LogP contribution is -2.26. The molecule has 0 aliphatic heterocycles. The lowest BCUT2D eigenvalue weighted by Gasteiger charge is -2.15. The van der Waals surface area contributed by atoms with Crippen molar-refractivity contribution in [2.75, 3.05) is 0 Å². The molecule has 1 N–H and O–H groups in total. The van der Waals surface area contributed by atoms with Gasteiger partial charge in [0.25, 0.3) is 5.91 Å². The molecule has 1 aromatic carbocycles. The van der Waals surface area contributed by atoms with E-state index in [1.54, 1.807) is 12.1 Å². The van der Waals surface area contributed by atoms with Crippen LogP contribution < -0.4 is 5.32 Å². The number of halogens is 2. The Morgan fingerprint density at radius 3 is 2.68 bits per heavy atom. The van der Waals surface area contributed by atoms with Crippen molar-refractivity contribution in [2.24, 2.45) is 0 Å². The third-order valence-corrected chi connectivity index (χ3v) is 3.26. The van der Waals surface area contributed by atoms with Gasteiger partial charge in [0.15, 0.2) is 0 Å². The molecular weight excluding hydrogens is 283 g/mol. The first-order valence-electron chi connectivity index (χ1n) is 5.75. The molecule has 1 unspecified atom stereocenters. The monoisotopic (exact) mass is 294 g/mol. The van der Waals surface area contributed by atoms with Crippen LogP contribution >= 0.6 is 23.2 Å². The summed E-state index contributed by atoms with van der Waals surface area (Å²) in [6, 6.07) is 10.4. The van der Waals surface area contributed by atoms with Crippen LogP contribution in [0.15, 0.2) is 42.6 Å². The van der Waals surface area contributed by atoms with Crippen molar-refractivity contribution in [1.29, 1.82) is 0 Å². The Balaban J connectivity index is 2.13. The summed E-state index contributed by atoms with van der Waals surface area (Å²) in [5.41, 5.74) is 1.34. The van der Waals surface area contributed by atoms with Gasteiger partial charge in [-0.1, -0.05) is 41.4 Å². The van der Waals surface area contributed by atoms with E-state index in [0.29, 0.717) is 10.6 Å². The fourth-order valence-electron chi connectivity index (χ4n) is 1.73. The van der Waals surface area contributed by atoms with Gasteiger partial charge in [-0.15, -0.1) is 0 Å². The zero-order chi connectivity index (χ0) is 13.8. The lowest BCUT2D eigenvalue weighted by molar-refractivity contribution is 0.0940. The maximum atomic E-state index is 12.1. The molecule has 2 rings (SSSR count). The normalized spacial score (nSPS) is 11.9. The minimum absolute atomic E-state index is 0.187. The molecule has 0 spiro atoms. The third kappa shape index (κ3) is 3.46. The zero-order valence-corrected chi connectivity index (χ0v) is 11.7. The smallest absolute Gasteiger partial charge is 0.251 e. The van der Waals surface area contributed by atoms with Crippen molar-refractivity contribution in [1.82, 2.24) is 10.3 Å². The summed E-state index contributed by atoms with van der Waals surface area (Å²) < 4.78 is 0. The molecule has 5 heteroatoms. The number of hydrogen-bond acceptors (Lipinski definition) is 2. The van der Waals surface area contributed by atoms with Crippen LogP contribution in [0.5, 0.6) is 0 Å². The molecule has 1 atom stereocenters. The maximum absolute atomic E-state index is 12.1. The van der Waals surface area contributed by atoms with Gasteiger partial charge < -0.3 is 5.32 Å². The van der Waals surface area contributed by atoms with Crippen molar-refractivity contribution in [3.63, 3.8) is 0 Å². The van der Waals surface area contributed by atoms with E-state index in [1.807, 2.05) is 25.1 Å². The van der Waals surface area contributed by atoms with E-state index in [-0.39, 0.29) is 17.1 Å². The van der Waals surface area contributed by atoms with E-state index in [2.05, 4.69) is 10.3 Å². The summed E-state index contributed by atoms with van der Waals surface area (Å²) in [4.78, 5) is 15.9. The first-order valence-corrected chi connectivity index (χ1v) is 6.50. The molecule has 0 aliphatic carbocycles. The SMILES string of the molecule is CC(NC(=O)c1ccnc(Cl)c1)c1ccccc1Cl. The van der Waals surface area contributed by atoms with Crippen molar-refractivity contribution in [2.45, 2.75) is 13.0 Å². The van der Waals surface area contributed by atoms with Crippen molar-refractivity contribution in [3.8, 4) is 0 Å². The number of aromatic nitrogens is 1. The fourth-order valence-corrected chi connectivity index (χ4v) is 2.20. The van der Waals surface area contributed by atoms with Gasteiger partial charge in [-0.3, -0.25) is 4.79 Å². The van der Waals surface area contributed by atoms with Gasteiger partial charge in [0.05, 0.1) is 6.04 Å². The van der Waals surface area contributed by atoms with Crippen molar-refractivity contribution < 1.29 is 4.79 Å². The van der Waals surface area contributed by atoms with E-state index in [1.165, 1.54) is 12.3 Å². The van der Waals surface area contributed by atoms with Gasteiger partial charge >= 0.3 is 0 Å². The standard InChI is InChI=1S/C14H12Cl2N2O/c1-9(11-4-2-3-5-12(11)15)18-14(19)10-6-7-17-13(16)8-10/h2-9H,1H3,(H,18,19). The Hall–Kier alpha value is -1.58. The van der Waals surface area contributed by atoms with Crippen molar-refractivity contribution in [3.05, 3.63) is 63.9 Å². The van der Waals surface area contributed by atoms with Crippen molar-refractivity contribution >= 4 is 29.1 Å². The lowest BCUT2D eigenvalue weighted by atomic mass is 10.1. The van der Waals surface area contributed by atoms with E-state index in [4.69, 9.17) is 23.2 Å². The highest BCUT2D eigenvalue weighted by atomic mass is 35.5. The predicted molar refractivity (Wildman–Crippen MR) is 76.6 cm³/mol. The summed E-state index contributed by atoms with van der Waals surface area (Å²) in [5.74, 6) is -0.211. The molecule has 1 heterocycles. The summed E-state index contributed by atoms with van der Waals surface area (Å²) in [6.07, 6.45) is 1.50. The van der Waals surface area contributed by atoms with Crippen LogP contribution in [0.3, 0.4) is 0 Å². The number of amides is 1. The Labute approximate surface area is 121 Å². The number of carbonyl (C=O) groups excluding carboxylic acids is 1. The number of nitrogens with one attached hydrogen (secondary N) is 1. The molecular formula is C14H12Cl2N2O. The minimum Gasteiger partial charge on any atom is -0.345 e. The summed E-state index contributed by atoms with van der Waals surface area (Å²) in [7, 11) is 0. The van der Waals surface area contributed by atoms with Crippen LogP contribution in [0.25, 0.3) is 0 Å². The Morgan fingerprint density at radius 1 is 1.26 bits per heavy atom. The molecule has 19 heavy (non-hydrogen) atoms. The molecule has 0 bridgehead atoms. The van der Waals surface area contributed by atoms with Crippen LogP contribution in [0.2, 0.25) is 10.2 Å². The van der Waals surface area contributed by atoms with Gasteiger partial charge in [0.2, 0.25) is 0 Å². The Morgan fingerprint density at radius 2 is 2.00 bits per heavy atom. The van der Waals surface area contributed by atoms with Crippen LogP contribution in [0, 0.1) is 0 Å². The molecule has 3 nitrogen and oxygen atoms in total. The quantitative estimate of drug-likeness (QED) is 0.873. The molecule has 0 fully saturated rings. The van der Waals surface area contributed by atoms with Crippen LogP contribution in [0.1, 0.15) is 28.9 Å². The molecule has 98 valence electrons. The molecule has 0 saturated heterocycles. The Bertz CT molecular complexity index is 602. The fraction of sp³-hybridized carbons (Fsp3) is 0.143. The highest BCUT2D eigenvalue weighted by molar-refractivity contribution is 6.31. The maximum Gasteiger partial charge on any atom is 0.251 e. The number of carbonyl (C=O) groups is 1. The average Bonchev–Trinajstić information content (AvgIpc) is 2.39. The molecule has 0 radical (unpaired) electrons. The highest BCUT2D eigenvalue weighted by Gasteiger charge is 2.13. The second-order valence-electron chi connectivity index (χ2n) is 4.08. The van der Waals surface area contributed by atoms with Crippen LogP contribution in [-0.4, -0.2) is 10.9 Å². The number of nitrogens with zero attached hydrogens (tertiary/aromatic N) is 1. The summed E-state index contributed by atoms with van der Waals surface area (Å²) >= 11 is 11.8. The van der Waals surface area contributed by atoms with Gasteiger partial charge in [-0.2, -0.15) is 0 Å². The molecule has 0 aliphatic rings. The highest BCUT2D eigenvalue weighted by Crippen LogP contribution is 2.22. The van der Waals surface area contributed by atoms with Crippen LogP contribution in [0.4, 0.5) is 0 Å². The first kappa shape index (κ1) is 13.8. The van der Waals surface area contributed by atoms with Gasteiger partial charge in [-0.25, -0.2) is 4.98 Å². The zero-order valence-electron chi connectivity index (χ0n) is 10.2. The predicted octanol–water partition coefficient (Wildman–Crippen LogP) is 3.88. The summed E-state index contributed by atoms with van der Waals surface area (Å²) in [6.45, 7) is 1.88. The van der Waals surface area contributed by atoms with Gasteiger partial charge in [-0.05, 0) is 30.7 Å². The number of pyridine rings is 1. The molecule has 2 aromatic rings. The number of benzene rings is 1. The second kappa shape index (κ2) is 6.04. The van der Waals surface area contributed by atoms with Crippen LogP contribution in [-0.2, 0) is 0 Å². The van der Waals surface area contributed by atoms with E-state index >= 15 is 0 Å².